The van der Waals surface area contributed by atoms with E-state index >= 15 is 0 Å². The number of rotatable bonds is 5. The van der Waals surface area contributed by atoms with E-state index in [4.69, 9.17) is 27.3 Å². The fourth-order valence-corrected chi connectivity index (χ4v) is 2.26. The Morgan fingerprint density at radius 2 is 2.04 bits per heavy atom. The summed E-state index contributed by atoms with van der Waals surface area (Å²) in [6.07, 6.45) is -1.19. The number of ether oxygens (including phenoxy) is 1. The van der Waals surface area contributed by atoms with Crippen molar-refractivity contribution in [1.29, 1.82) is 5.26 Å². The van der Waals surface area contributed by atoms with E-state index in [9.17, 15) is 19.7 Å². The molecular formula is C17H13ClN4O5. The zero-order chi connectivity index (χ0) is 20.1. The number of nitriles is 1. The van der Waals surface area contributed by atoms with Crippen LogP contribution in [0.15, 0.2) is 36.4 Å². The molecule has 0 aliphatic carbocycles. The highest BCUT2D eigenvalue weighted by atomic mass is 35.5. The van der Waals surface area contributed by atoms with Gasteiger partial charge in [0.1, 0.15) is 11.8 Å². The number of nitrogens with zero attached hydrogens (tertiary/aromatic N) is 2. The molecule has 0 radical (unpaired) electrons. The summed E-state index contributed by atoms with van der Waals surface area (Å²) in [5.41, 5.74) is 5.39. The van der Waals surface area contributed by atoms with E-state index in [1.165, 1.54) is 37.3 Å². The quantitative estimate of drug-likeness (QED) is 0.346. The van der Waals surface area contributed by atoms with E-state index in [1.807, 2.05) is 6.07 Å². The molecule has 0 saturated carbocycles. The molecule has 0 spiro atoms. The van der Waals surface area contributed by atoms with Gasteiger partial charge in [0.25, 0.3) is 11.6 Å². The Morgan fingerprint density at radius 1 is 1.33 bits per heavy atom. The molecule has 27 heavy (non-hydrogen) atoms. The average Bonchev–Trinajstić information content (AvgIpc) is 2.61. The lowest BCUT2D eigenvalue weighted by atomic mass is 10.1. The number of nitrogens with one attached hydrogen (secondary N) is 1. The third-order valence-electron chi connectivity index (χ3n) is 3.47. The molecule has 0 aromatic heterocycles. The van der Waals surface area contributed by atoms with E-state index in [2.05, 4.69) is 5.32 Å². The van der Waals surface area contributed by atoms with E-state index in [0.29, 0.717) is 5.69 Å². The molecule has 0 aliphatic heterocycles. The summed E-state index contributed by atoms with van der Waals surface area (Å²) in [6, 6.07) is 9.62. The third kappa shape index (κ3) is 4.71. The van der Waals surface area contributed by atoms with Crippen molar-refractivity contribution in [1.82, 2.24) is 0 Å². The van der Waals surface area contributed by atoms with E-state index in [0.717, 1.165) is 6.07 Å². The molecule has 1 amide bonds. The predicted molar refractivity (Wildman–Crippen MR) is 97.2 cm³/mol. The molecule has 0 fully saturated rings. The molecule has 2 rings (SSSR count). The summed E-state index contributed by atoms with van der Waals surface area (Å²) in [5.74, 6) is -1.56. The highest BCUT2D eigenvalue weighted by Crippen LogP contribution is 2.23. The number of esters is 1. The van der Waals surface area contributed by atoms with Gasteiger partial charge in [-0.25, -0.2) is 4.79 Å². The van der Waals surface area contributed by atoms with Crippen molar-refractivity contribution in [3.8, 4) is 6.07 Å². The predicted octanol–water partition coefficient (Wildman–Crippen LogP) is 2.89. The first-order valence-electron chi connectivity index (χ1n) is 7.48. The molecule has 10 heteroatoms. The smallest absolute Gasteiger partial charge is 0.339 e. The zero-order valence-electron chi connectivity index (χ0n) is 13.9. The fourth-order valence-electron chi connectivity index (χ4n) is 2.04. The number of benzene rings is 2. The van der Waals surface area contributed by atoms with Crippen molar-refractivity contribution in [2.75, 3.05) is 11.1 Å². The van der Waals surface area contributed by atoms with Crippen LogP contribution < -0.4 is 11.1 Å². The topological polar surface area (TPSA) is 148 Å². The van der Waals surface area contributed by atoms with Crippen LogP contribution in [0.5, 0.6) is 0 Å². The van der Waals surface area contributed by atoms with Gasteiger partial charge in [-0.05, 0) is 37.3 Å². The normalized spacial score (nSPS) is 11.1. The van der Waals surface area contributed by atoms with Gasteiger partial charge in [-0.15, -0.1) is 0 Å². The zero-order valence-corrected chi connectivity index (χ0v) is 14.7. The standard InChI is InChI=1S/C17H13ClN4O5/c1-9(16(23)21-12-4-2-11(8-19)13(18)7-12)27-17(24)10-3-5-14(20)15(6-10)22(25)26/h2-7,9H,20H2,1H3,(H,21,23). The second-order valence-corrected chi connectivity index (χ2v) is 5.78. The Morgan fingerprint density at radius 3 is 2.63 bits per heavy atom. The number of carbonyl (C=O) groups is 2. The van der Waals surface area contributed by atoms with E-state index in [1.54, 1.807) is 0 Å². The second-order valence-electron chi connectivity index (χ2n) is 5.37. The molecular weight excluding hydrogens is 376 g/mol. The van der Waals surface area contributed by atoms with Gasteiger partial charge in [0.2, 0.25) is 0 Å². The van der Waals surface area contributed by atoms with Crippen LogP contribution in [0.2, 0.25) is 5.02 Å². The monoisotopic (exact) mass is 388 g/mol. The lowest BCUT2D eigenvalue weighted by molar-refractivity contribution is -0.383. The van der Waals surface area contributed by atoms with Crippen molar-refractivity contribution in [3.05, 3.63) is 62.7 Å². The molecule has 1 atom stereocenters. The number of nitrogens with two attached hydrogens (primary N) is 1. The fraction of sp³-hybridized carbons (Fsp3) is 0.118. The van der Waals surface area contributed by atoms with Gasteiger partial charge in [-0.1, -0.05) is 11.6 Å². The molecule has 0 saturated heterocycles. The Labute approximate surface area is 158 Å². The number of halogens is 1. The summed E-state index contributed by atoms with van der Waals surface area (Å²) in [7, 11) is 0. The number of anilines is 2. The number of hydrogen-bond acceptors (Lipinski definition) is 7. The molecule has 138 valence electrons. The highest BCUT2D eigenvalue weighted by molar-refractivity contribution is 6.32. The molecule has 1 unspecified atom stereocenters. The number of nitro benzene ring substituents is 1. The number of nitro groups is 1. The van der Waals surface area contributed by atoms with Crippen LogP contribution in [0.4, 0.5) is 17.1 Å². The maximum absolute atomic E-state index is 12.1. The van der Waals surface area contributed by atoms with E-state index in [-0.39, 0.29) is 21.8 Å². The molecule has 0 bridgehead atoms. The Kier molecular flexibility index (Phi) is 5.95. The largest absolute Gasteiger partial charge is 0.449 e. The number of nitrogen functional groups attached to an aromatic ring is 1. The number of hydrogen-bond donors (Lipinski definition) is 2. The molecule has 3 N–H and O–H groups in total. The minimum absolute atomic E-state index is 0.0972. The van der Waals surface area contributed by atoms with Crippen LogP contribution in [0.3, 0.4) is 0 Å². The Bertz CT molecular complexity index is 970. The summed E-state index contributed by atoms with van der Waals surface area (Å²) < 4.78 is 5.02. The van der Waals surface area contributed by atoms with Crippen LogP contribution in [0, 0.1) is 21.4 Å². The highest BCUT2D eigenvalue weighted by Gasteiger charge is 2.22. The maximum atomic E-state index is 12.1. The lowest BCUT2D eigenvalue weighted by Gasteiger charge is -2.14. The summed E-state index contributed by atoms with van der Waals surface area (Å²) in [5, 5.41) is 22.4. The first-order valence-corrected chi connectivity index (χ1v) is 7.86. The summed E-state index contributed by atoms with van der Waals surface area (Å²) in [4.78, 5) is 34.4. The van der Waals surface area contributed by atoms with Crippen molar-refractivity contribution in [3.63, 3.8) is 0 Å². The molecule has 2 aromatic rings. The number of amides is 1. The minimum Gasteiger partial charge on any atom is -0.449 e. The van der Waals surface area contributed by atoms with Gasteiger partial charge in [0.15, 0.2) is 6.10 Å². The van der Waals surface area contributed by atoms with Crippen LogP contribution >= 0.6 is 11.6 Å². The molecule has 2 aromatic carbocycles. The second kappa shape index (κ2) is 8.16. The first-order chi connectivity index (χ1) is 12.7. The maximum Gasteiger partial charge on any atom is 0.339 e. The first kappa shape index (κ1) is 19.7. The van der Waals surface area contributed by atoms with Crippen molar-refractivity contribution >= 4 is 40.5 Å². The van der Waals surface area contributed by atoms with Gasteiger partial charge < -0.3 is 15.8 Å². The third-order valence-corrected chi connectivity index (χ3v) is 3.79. The van der Waals surface area contributed by atoms with Crippen LogP contribution in [0.25, 0.3) is 0 Å². The molecule has 0 aliphatic rings. The van der Waals surface area contributed by atoms with Crippen LogP contribution in [0.1, 0.15) is 22.8 Å². The van der Waals surface area contributed by atoms with Crippen molar-refractivity contribution < 1.29 is 19.2 Å². The lowest BCUT2D eigenvalue weighted by Crippen LogP contribution is -2.30. The van der Waals surface area contributed by atoms with E-state index < -0.39 is 28.6 Å². The van der Waals surface area contributed by atoms with Crippen molar-refractivity contribution in [2.24, 2.45) is 0 Å². The van der Waals surface area contributed by atoms with Gasteiger partial charge in [0, 0.05) is 11.8 Å². The molecule has 9 nitrogen and oxygen atoms in total. The SMILES string of the molecule is CC(OC(=O)c1ccc(N)c([N+](=O)[O-])c1)C(=O)Nc1ccc(C#N)c(Cl)c1. The van der Waals surface area contributed by atoms with Gasteiger partial charge in [-0.2, -0.15) is 5.26 Å². The van der Waals surface area contributed by atoms with Gasteiger partial charge in [0.05, 0.1) is 21.1 Å². The molecule has 0 heterocycles. The minimum atomic E-state index is -1.19. The van der Waals surface area contributed by atoms with Crippen LogP contribution in [-0.4, -0.2) is 22.9 Å². The van der Waals surface area contributed by atoms with Gasteiger partial charge >= 0.3 is 5.97 Å². The van der Waals surface area contributed by atoms with Gasteiger partial charge in [-0.3, -0.25) is 14.9 Å². The Hall–Kier alpha value is -3.64. The summed E-state index contributed by atoms with van der Waals surface area (Å²) in [6.45, 7) is 1.34. The van der Waals surface area contributed by atoms with Crippen molar-refractivity contribution in [2.45, 2.75) is 13.0 Å². The summed E-state index contributed by atoms with van der Waals surface area (Å²) >= 11 is 5.89. The average molecular weight is 389 g/mol. The Balaban J connectivity index is 2.07. The number of carbonyl (C=O) groups excluding carboxylic acids is 2. The van der Waals surface area contributed by atoms with Crippen LogP contribution in [-0.2, 0) is 9.53 Å².